The number of ether oxygens (including phenoxy) is 2. The molecule has 1 aromatic heterocycles. The van der Waals surface area contributed by atoms with Crippen molar-refractivity contribution in [1.82, 2.24) is 9.97 Å². The summed E-state index contributed by atoms with van der Waals surface area (Å²) in [4.78, 5) is 8.27. The molecule has 1 heterocycles. The van der Waals surface area contributed by atoms with Gasteiger partial charge >= 0.3 is 0 Å². The van der Waals surface area contributed by atoms with Crippen LogP contribution < -0.4 is 14.8 Å². The standard InChI is InChI=1S/C15H19N3O2/c1-4-9-19-12-5-7-13(8-6-12)20-15-11(2)14(16-3)17-10-18-15/h5-8,10H,4,9H2,1-3H3,(H,16,17,18). The van der Waals surface area contributed by atoms with Crippen LogP contribution in [0.4, 0.5) is 5.82 Å². The van der Waals surface area contributed by atoms with E-state index in [-0.39, 0.29) is 0 Å². The Hall–Kier alpha value is -2.30. The lowest BCUT2D eigenvalue weighted by Crippen LogP contribution is -2.00. The van der Waals surface area contributed by atoms with Gasteiger partial charge in [0.05, 0.1) is 12.2 Å². The predicted octanol–water partition coefficient (Wildman–Crippen LogP) is 3.41. The molecule has 2 aromatic rings. The molecule has 0 aliphatic rings. The molecule has 0 unspecified atom stereocenters. The Kier molecular flexibility index (Phi) is 4.76. The van der Waals surface area contributed by atoms with E-state index in [1.165, 1.54) is 6.33 Å². The van der Waals surface area contributed by atoms with Gasteiger partial charge < -0.3 is 14.8 Å². The van der Waals surface area contributed by atoms with E-state index in [4.69, 9.17) is 9.47 Å². The molecule has 0 saturated carbocycles. The summed E-state index contributed by atoms with van der Waals surface area (Å²) < 4.78 is 11.3. The maximum absolute atomic E-state index is 5.76. The molecule has 0 fully saturated rings. The van der Waals surface area contributed by atoms with Crippen LogP contribution in [0.25, 0.3) is 0 Å². The molecule has 0 atom stereocenters. The van der Waals surface area contributed by atoms with Crippen LogP contribution in [0.15, 0.2) is 30.6 Å². The summed E-state index contributed by atoms with van der Waals surface area (Å²) in [6, 6.07) is 7.51. The molecule has 0 spiro atoms. The van der Waals surface area contributed by atoms with E-state index < -0.39 is 0 Å². The molecule has 0 aliphatic carbocycles. The average molecular weight is 273 g/mol. The van der Waals surface area contributed by atoms with E-state index in [0.717, 1.165) is 35.9 Å². The first-order valence-electron chi connectivity index (χ1n) is 6.64. The van der Waals surface area contributed by atoms with E-state index in [1.54, 1.807) is 0 Å². The highest BCUT2D eigenvalue weighted by molar-refractivity contribution is 5.48. The van der Waals surface area contributed by atoms with Gasteiger partial charge in [-0.05, 0) is 37.6 Å². The zero-order chi connectivity index (χ0) is 14.4. The molecule has 0 amide bonds. The second kappa shape index (κ2) is 6.75. The molecular weight excluding hydrogens is 254 g/mol. The second-order valence-corrected chi connectivity index (χ2v) is 4.32. The number of aromatic nitrogens is 2. The van der Waals surface area contributed by atoms with Crippen molar-refractivity contribution >= 4 is 5.82 Å². The lowest BCUT2D eigenvalue weighted by atomic mass is 10.3. The van der Waals surface area contributed by atoms with Crippen LogP contribution >= 0.6 is 0 Å². The molecule has 20 heavy (non-hydrogen) atoms. The van der Waals surface area contributed by atoms with Crippen LogP contribution in [-0.2, 0) is 0 Å². The minimum atomic E-state index is 0.548. The molecule has 0 saturated heterocycles. The first kappa shape index (κ1) is 14.1. The maximum atomic E-state index is 5.76. The Bertz CT molecular complexity index is 556. The number of rotatable bonds is 6. The Morgan fingerprint density at radius 3 is 2.45 bits per heavy atom. The molecule has 1 N–H and O–H groups in total. The lowest BCUT2D eigenvalue weighted by Gasteiger charge is -2.10. The molecule has 0 bridgehead atoms. The van der Waals surface area contributed by atoms with Crippen molar-refractivity contribution in [3.05, 3.63) is 36.2 Å². The SMILES string of the molecule is CCCOc1ccc(Oc2ncnc(NC)c2C)cc1. The highest BCUT2D eigenvalue weighted by atomic mass is 16.5. The van der Waals surface area contributed by atoms with Crippen LogP contribution in [0.1, 0.15) is 18.9 Å². The average Bonchev–Trinajstić information content (AvgIpc) is 2.48. The van der Waals surface area contributed by atoms with Gasteiger partial charge in [-0.15, -0.1) is 0 Å². The summed E-state index contributed by atoms with van der Waals surface area (Å²) in [6.07, 6.45) is 2.47. The lowest BCUT2D eigenvalue weighted by molar-refractivity contribution is 0.317. The minimum Gasteiger partial charge on any atom is -0.494 e. The smallest absolute Gasteiger partial charge is 0.227 e. The van der Waals surface area contributed by atoms with Gasteiger partial charge in [-0.3, -0.25) is 0 Å². The van der Waals surface area contributed by atoms with E-state index >= 15 is 0 Å². The van der Waals surface area contributed by atoms with E-state index in [1.807, 2.05) is 38.2 Å². The maximum Gasteiger partial charge on any atom is 0.227 e. The summed E-state index contributed by atoms with van der Waals surface area (Å²) >= 11 is 0. The van der Waals surface area contributed by atoms with Crippen molar-refractivity contribution in [3.8, 4) is 17.4 Å². The second-order valence-electron chi connectivity index (χ2n) is 4.32. The first-order valence-corrected chi connectivity index (χ1v) is 6.64. The van der Waals surface area contributed by atoms with Crippen molar-refractivity contribution < 1.29 is 9.47 Å². The van der Waals surface area contributed by atoms with Crippen LogP contribution in [0.2, 0.25) is 0 Å². The summed E-state index contributed by atoms with van der Waals surface area (Å²) in [5.41, 5.74) is 0.876. The molecule has 5 heteroatoms. The number of hydrogen-bond acceptors (Lipinski definition) is 5. The zero-order valence-electron chi connectivity index (χ0n) is 12.0. The first-order chi connectivity index (χ1) is 9.74. The number of anilines is 1. The Labute approximate surface area is 119 Å². The Morgan fingerprint density at radius 2 is 1.80 bits per heavy atom. The highest BCUT2D eigenvalue weighted by Crippen LogP contribution is 2.27. The van der Waals surface area contributed by atoms with Crippen molar-refractivity contribution in [2.45, 2.75) is 20.3 Å². The van der Waals surface area contributed by atoms with Gasteiger partial charge in [0, 0.05) is 7.05 Å². The minimum absolute atomic E-state index is 0.548. The zero-order valence-corrected chi connectivity index (χ0v) is 12.0. The fraction of sp³-hybridized carbons (Fsp3) is 0.333. The van der Waals surface area contributed by atoms with Gasteiger partial charge in [-0.2, -0.15) is 0 Å². The van der Waals surface area contributed by atoms with E-state index in [2.05, 4.69) is 22.2 Å². The van der Waals surface area contributed by atoms with Crippen LogP contribution in [0.3, 0.4) is 0 Å². The van der Waals surface area contributed by atoms with Crippen molar-refractivity contribution in [1.29, 1.82) is 0 Å². The van der Waals surface area contributed by atoms with Gasteiger partial charge in [-0.25, -0.2) is 9.97 Å². The number of nitrogens with zero attached hydrogens (tertiary/aromatic N) is 2. The van der Waals surface area contributed by atoms with Crippen molar-refractivity contribution in [2.75, 3.05) is 19.0 Å². The van der Waals surface area contributed by atoms with Crippen molar-refractivity contribution in [2.24, 2.45) is 0 Å². The summed E-state index contributed by atoms with van der Waals surface area (Å²) in [5.74, 6) is 2.87. The molecule has 0 aliphatic heterocycles. The van der Waals surface area contributed by atoms with Crippen LogP contribution in [-0.4, -0.2) is 23.6 Å². The third-order valence-corrected chi connectivity index (χ3v) is 2.79. The largest absolute Gasteiger partial charge is 0.494 e. The molecule has 1 aromatic carbocycles. The monoisotopic (exact) mass is 273 g/mol. The Morgan fingerprint density at radius 1 is 1.10 bits per heavy atom. The van der Waals surface area contributed by atoms with Gasteiger partial charge in [0.1, 0.15) is 23.6 Å². The quantitative estimate of drug-likeness (QED) is 0.874. The normalized spacial score (nSPS) is 10.2. The topological polar surface area (TPSA) is 56.3 Å². The van der Waals surface area contributed by atoms with Gasteiger partial charge in [0.15, 0.2) is 0 Å². The van der Waals surface area contributed by atoms with E-state index in [9.17, 15) is 0 Å². The van der Waals surface area contributed by atoms with Gasteiger partial charge in [-0.1, -0.05) is 6.92 Å². The highest BCUT2D eigenvalue weighted by Gasteiger charge is 2.08. The fourth-order valence-electron chi connectivity index (χ4n) is 1.72. The Balaban J connectivity index is 2.10. The van der Waals surface area contributed by atoms with Gasteiger partial charge in [0.25, 0.3) is 0 Å². The molecule has 0 radical (unpaired) electrons. The third-order valence-electron chi connectivity index (χ3n) is 2.79. The number of nitrogens with one attached hydrogen (secondary N) is 1. The molecule has 2 rings (SSSR count). The summed E-state index contributed by atoms with van der Waals surface area (Å²) in [7, 11) is 1.82. The number of hydrogen-bond donors (Lipinski definition) is 1. The van der Waals surface area contributed by atoms with E-state index in [0.29, 0.717) is 5.88 Å². The molecule has 106 valence electrons. The summed E-state index contributed by atoms with van der Waals surface area (Å²) in [6.45, 7) is 4.71. The van der Waals surface area contributed by atoms with Crippen LogP contribution in [0.5, 0.6) is 17.4 Å². The molecular formula is C15H19N3O2. The van der Waals surface area contributed by atoms with Crippen molar-refractivity contribution in [3.63, 3.8) is 0 Å². The predicted molar refractivity (Wildman–Crippen MR) is 78.6 cm³/mol. The summed E-state index contributed by atoms with van der Waals surface area (Å²) in [5, 5.41) is 3.00. The number of benzene rings is 1. The third kappa shape index (κ3) is 3.38. The fourth-order valence-corrected chi connectivity index (χ4v) is 1.72. The molecule has 5 nitrogen and oxygen atoms in total. The van der Waals surface area contributed by atoms with Crippen LogP contribution in [0, 0.1) is 6.92 Å². The van der Waals surface area contributed by atoms with Gasteiger partial charge in [0.2, 0.25) is 5.88 Å².